The second-order valence-electron chi connectivity index (χ2n) is 5.38. The Morgan fingerprint density at radius 1 is 0.917 bits per heavy atom. The van der Waals surface area contributed by atoms with Crippen molar-refractivity contribution in [2.45, 2.75) is 27.7 Å². The van der Waals surface area contributed by atoms with E-state index in [0.717, 1.165) is 16.8 Å². The molecule has 0 spiro atoms. The molecule has 0 fully saturated rings. The predicted octanol–water partition coefficient (Wildman–Crippen LogP) is 1.75. The monoisotopic (exact) mass is 370 g/mol. The molecule has 24 heavy (non-hydrogen) atoms. The third kappa shape index (κ3) is 9.55. The summed E-state index contributed by atoms with van der Waals surface area (Å²) in [5.41, 5.74) is 0. The van der Waals surface area contributed by atoms with Gasteiger partial charge in [-0.15, -0.1) is 21.4 Å². The second kappa shape index (κ2) is 14.3. The number of hydrogen-bond donors (Lipinski definition) is 0. The van der Waals surface area contributed by atoms with Crippen LogP contribution in [0.1, 0.15) is 27.7 Å². The molecule has 2 aromatic rings. The largest absolute Gasteiger partial charge is 1.00 e. The van der Waals surface area contributed by atoms with Gasteiger partial charge in [-0.1, -0.05) is 39.8 Å². The molecule has 0 heterocycles. The van der Waals surface area contributed by atoms with Crippen LogP contribution in [0.5, 0.6) is 11.5 Å². The minimum Gasteiger partial charge on any atom is -0.551 e. The summed E-state index contributed by atoms with van der Waals surface area (Å²) < 4.78 is 11.6. The van der Waals surface area contributed by atoms with E-state index in [4.69, 9.17) is 9.47 Å². The summed E-state index contributed by atoms with van der Waals surface area (Å²) in [6, 6.07) is 18.7. The van der Waals surface area contributed by atoms with Crippen molar-refractivity contribution >= 4 is 14.5 Å². The molecule has 0 aliphatic rings. The number of benzene rings is 2. The van der Waals surface area contributed by atoms with Crippen molar-refractivity contribution in [1.29, 1.82) is 0 Å². The zero-order valence-corrected chi connectivity index (χ0v) is 19.9. The summed E-state index contributed by atoms with van der Waals surface area (Å²) in [5.74, 6) is 2.63. The van der Waals surface area contributed by atoms with Crippen molar-refractivity contribution in [3.63, 3.8) is 0 Å². The minimum atomic E-state index is 0. The summed E-state index contributed by atoms with van der Waals surface area (Å²) in [6.45, 7) is 9.76. The summed E-state index contributed by atoms with van der Waals surface area (Å²) in [7, 11) is 2.67. The number of rotatable bonds is 7. The maximum absolute atomic E-state index is 5.82. The van der Waals surface area contributed by atoms with Crippen molar-refractivity contribution < 1.29 is 60.9 Å². The van der Waals surface area contributed by atoms with Crippen LogP contribution in [-0.4, -0.2) is 13.2 Å². The number of hydrogen-bond acceptors (Lipinski definition) is 2. The van der Waals surface area contributed by atoms with E-state index in [-0.39, 0.29) is 51.4 Å². The van der Waals surface area contributed by atoms with Crippen molar-refractivity contribution in [2.75, 3.05) is 13.2 Å². The van der Waals surface area contributed by atoms with E-state index in [1.54, 1.807) is 0 Å². The van der Waals surface area contributed by atoms with Crippen LogP contribution in [0, 0.1) is 17.9 Å². The van der Waals surface area contributed by atoms with Crippen LogP contribution in [0.2, 0.25) is 0 Å². The fourth-order valence-electron chi connectivity index (χ4n) is 1.81. The molecule has 3 atom stereocenters. The molecular formula is C20H28KO2P. The Hall–Kier alpha value is 0.106. The van der Waals surface area contributed by atoms with E-state index >= 15 is 0 Å². The Kier molecular flexibility index (Phi) is 14.4. The van der Waals surface area contributed by atoms with Crippen LogP contribution in [0.25, 0.3) is 0 Å². The van der Waals surface area contributed by atoms with Gasteiger partial charge in [0.1, 0.15) is 5.75 Å². The van der Waals surface area contributed by atoms with Gasteiger partial charge in [-0.25, -0.2) is 0 Å². The molecule has 4 heteroatoms. The van der Waals surface area contributed by atoms with Crippen LogP contribution >= 0.6 is 9.24 Å². The van der Waals surface area contributed by atoms with Gasteiger partial charge >= 0.3 is 51.4 Å². The van der Waals surface area contributed by atoms with Crippen LogP contribution in [0.15, 0.2) is 48.5 Å². The van der Waals surface area contributed by atoms with Crippen LogP contribution < -0.4 is 66.2 Å². The molecule has 3 unspecified atom stereocenters. The summed E-state index contributed by atoms with van der Waals surface area (Å²) in [6.07, 6.45) is 0. The molecule has 2 nitrogen and oxygen atoms in total. The molecule has 0 aliphatic carbocycles. The summed E-state index contributed by atoms with van der Waals surface area (Å²) >= 11 is 0. The molecule has 0 amide bonds. The average Bonchev–Trinajstić information content (AvgIpc) is 2.61. The normalized spacial score (nSPS) is 12.0. The van der Waals surface area contributed by atoms with E-state index in [1.165, 1.54) is 0 Å². The van der Waals surface area contributed by atoms with Gasteiger partial charge in [0, 0.05) is 5.75 Å². The number of ether oxygens (including phenoxy) is 2. The van der Waals surface area contributed by atoms with Crippen molar-refractivity contribution in [1.82, 2.24) is 0 Å². The molecule has 0 radical (unpaired) electrons. The molecule has 2 rings (SSSR count). The van der Waals surface area contributed by atoms with Gasteiger partial charge in [0.25, 0.3) is 0 Å². The van der Waals surface area contributed by atoms with Crippen molar-refractivity contribution in [2.24, 2.45) is 11.8 Å². The average molecular weight is 371 g/mol. The zero-order chi connectivity index (χ0) is 17.1. The van der Waals surface area contributed by atoms with Gasteiger partial charge in [0.2, 0.25) is 0 Å². The Morgan fingerprint density at radius 3 is 1.96 bits per heavy atom. The quantitative estimate of drug-likeness (QED) is 0.420. The first-order valence-corrected chi connectivity index (χ1v) is 8.80. The fraction of sp³-hybridized carbons (Fsp3) is 0.400. The molecule has 0 aromatic heterocycles. The maximum Gasteiger partial charge on any atom is 1.00 e. The Balaban J connectivity index is 0.00000170. The summed E-state index contributed by atoms with van der Waals surface area (Å²) in [4.78, 5) is 0. The zero-order valence-electron chi connectivity index (χ0n) is 15.6. The van der Waals surface area contributed by atoms with E-state index in [2.05, 4.69) is 29.2 Å². The van der Waals surface area contributed by atoms with Gasteiger partial charge in [-0.3, -0.25) is 0 Å². The van der Waals surface area contributed by atoms with Gasteiger partial charge in [0.05, 0.1) is 13.2 Å². The fourth-order valence-corrected chi connectivity index (χ4v) is 2.01. The van der Waals surface area contributed by atoms with Gasteiger partial charge in [0.15, 0.2) is 0 Å². The Labute approximate surface area is 192 Å². The van der Waals surface area contributed by atoms with Crippen LogP contribution in [0.4, 0.5) is 0 Å². The summed E-state index contributed by atoms with van der Waals surface area (Å²) in [5, 5.41) is 1.16. The third-order valence-corrected chi connectivity index (χ3v) is 3.94. The van der Waals surface area contributed by atoms with E-state index in [1.807, 2.05) is 62.4 Å². The Morgan fingerprint density at radius 2 is 1.46 bits per heavy atom. The smallest absolute Gasteiger partial charge is 0.551 e. The topological polar surface area (TPSA) is 18.5 Å². The molecular weight excluding hydrogens is 342 g/mol. The van der Waals surface area contributed by atoms with Gasteiger partial charge in [-0.2, -0.15) is 18.2 Å². The van der Waals surface area contributed by atoms with Gasteiger partial charge in [-0.05, 0) is 29.3 Å². The molecule has 0 saturated heterocycles. The molecule has 126 valence electrons. The van der Waals surface area contributed by atoms with Crippen molar-refractivity contribution in [3.8, 4) is 11.5 Å². The van der Waals surface area contributed by atoms with E-state index in [0.29, 0.717) is 25.0 Å². The first kappa shape index (κ1) is 24.1. The molecule has 0 saturated carbocycles. The molecule has 2 aromatic carbocycles. The third-order valence-electron chi connectivity index (χ3n) is 3.56. The van der Waals surface area contributed by atoms with Crippen molar-refractivity contribution in [3.05, 3.63) is 54.6 Å². The molecule has 0 bridgehead atoms. The minimum absolute atomic E-state index is 0. The maximum atomic E-state index is 5.82. The standard InChI is InChI=1S/C18H22O2P.C2H6.K/c1-14(12-19-16-6-4-3-5-7-16)15(2)13-20-17-8-10-18(21)11-9-17;1-2;/h3-4,6-11,14-15H,12-13,21H2,1-2H3;1-2H3;/q-1;;+1. The molecule has 0 aliphatic heterocycles. The molecule has 0 N–H and O–H groups in total. The van der Waals surface area contributed by atoms with Gasteiger partial charge < -0.3 is 9.47 Å². The second-order valence-corrected chi connectivity index (χ2v) is 6.05. The predicted molar refractivity (Wildman–Crippen MR) is 102 cm³/mol. The first-order valence-electron chi connectivity index (χ1n) is 8.22. The van der Waals surface area contributed by atoms with Crippen LogP contribution in [-0.2, 0) is 0 Å². The van der Waals surface area contributed by atoms with E-state index < -0.39 is 0 Å². The van der Waals surface area contributed by atoms with E-state index in [9.17, 15) is 0 Å². The first-order chi connectivity index (χ1) is 11.1. The van der Waals surface area contributed by atoms with Crippen LogP contribution in [0.3, 0.4) is 0 Å². The SMILES string of the molecule is CC.CC(COc1c[c-]ccc1)C(C)COc1ccc(P)cc1.[K+]. The Bertz CT molecular complexity index is 531.